The van der Waals surface area contributed by atoms with Crippen LogP contribution in [0.2, 0.25) is 0 Å². The lowest BCUT2D eigenvalue weighted by Gasteiger charge is -2.06. The molecule has 0 atom stereocenters. The van der Waals surface area contributed by atoms with Crippen molar-refractivity contribution in [2.24, 2.45) is 10.9 Å². The van der Waals surface area contributed by atoms with Gasteiger partial charge in [0.25, 0.3) is 0 Å². The lowest BCUT2D eigenvalue weighted by Crippen LogP contribution is -2.14. The van der Waals surface area contributed by atoms with Crippen molar-refractivity contribution in [2.45, 2.75) is 13.3 Å². The highest BCUT2D eigenvalue weighted by Crippen LogP contribution is 1.85. The van der Waals surface area contributed by atoms with Crippen molar-refractivity contribution in [3.8, 4) is 0 Å². The summed E-state index contributed by atoms with van der Waals surface area (Å²) in [6.07, 6.45) is 1.04. The van der Waals surface area contributed by atoms with Crippen LogP contribution >= 0.6 is 0 Å². The van der Waals surface area contributed by atoms with E-state index in [1.54, 1.807) is 6.92 Å². The van der Waals surface area contributed by atoms with Crippen molar-refractivity contribution in [1.82, 2.24) is 4.90 Å². The molecule has 4 heteroatoms. The van der Waals surface area contributed by atoms with Crippen LogP contribution in [-0.4, -0.2) is 38.0 Å². The Labute approximate surface area is 68.0 Å². The quantitative estimate of drug-likeness (QED) is 0.277. The number of hydrogen-bond donors (Lipinski definition) is 1. The average molecular weight is 159 g/mol. The predicted molar refractivity (Wildman–Crippen MR) is 46.4 cm³/mol. The van der Waals surface area contributed by atoms with E-state index in [-0.39, 0.29) is 0 Å². The van der Waals surface area contributed by atoms with Gasteiger partial charge in [-0.2, -0.15) is 5.90 Å². The summed E-state index contributed by atoms with van der Waals surface area (Å²) in [6, 6.07) is 0. The molecule has 4 nitrogen and oxygen atoms in total. The van der Waals surface area contributed by atoms with Crippen LogP contribution in [0.15, 0.2) is 4.99 Å². The minimum Gasteiger partial charge on any atom is -0.397 e. The maximum atomic E-state index is 4.87. The van der Waals surface area contributed by atoms with Crippen molar-refractivity contribution < 1.29 is 4.84 Å². The van der Waals surface area contributed by atoms with Crippen LogP contribution in [0.25, 0.3) is 0 Å². The Morgan fingerprint density at radius 3 is 2.64 bits per heavy atom. The Kier molecular flexibility index (Phi) is 5.78. The summed E-state index contributed by atoms with van der Waals surface area (Å²) >= 11 is 0. The van der Waals surface area contributed by atoms with Crippen LogP contribution in [0.1, 0.15) is 13.3 Å². The zero-order valence-corrected chi connectivity index (χ0v) is 7.50. The molecule has 66 valence electrons. The molecule has 2 N–H and O–H groups in total. The highest BCUT2D eigenvalue weighted by molar-refractivity contribution is 5.72. The summed E-state index contributed by atoms with van der Waals surface area (Å²) < 4.78 is 0. The summed E-state index contributed by atoms with van der Waals surface area (Å²) in [5.74, 6) is 5.42. The molecule has 0 aliphatic heterocycles. The minimum atomic E-state index is 0.545. The number of nitrogens with zero attached hydrogens (tertiary/aromatic N) is 2. The molecule has 0 fully saturated rings. The number of rotatable bonds is 4. The zero-order chi connectivity index (χ0) is 8.69. The maximum Gasteiger partial charge on any atom is 0.205 e. The summed E-state index contributed by atoms with van der Waals surface area (Å²) in [7, 11) is 4.08. The van der Waals surface area contributed by atoms with E-state index in [4.69, 9.17) is 5.90 Å². The molecular formula is C7H17N3O. The normalized spacial score (nSPS) is 12.3. The van der Waals surface area contributed by atoms with Gasteiger partial charge in [-0.1, -0.05) is 0 Å². The van der Waals surface area contributed by atoms with Gasteiger partial charge in [0, 0.05) is 13.5 Å². The molecule has 0 aliphatic carbocycles. The molecule has 0 aromatic heterocycles. The number of aliphatic imine (C=N–C) groups is 1. The second-order valence-electron chi connectivity index (χ2n) is 2.68. The highest BCUT2D eigenvalue weighted by atomic mass is 16.6. The van der Waals surface area contributed by atoms with Gasteiger partial charge >= 0.3 is 0 Å². The van der Waals surface area contributed by atoms with Crippen LogP contribution in [-0.2, 0) is 4.84 Å². The van der Waals surface area contributed by atoms with Gasteiger partial charge in [-0.15, -0.1) is 0 Å². The van der Waals surface area contributed by atoms with Gasteiger partial charge in [-0.05, 0) is 27.1 Å². The molecular weight excluding hydrogens is 142 g/mol. The molecule has 0 rings (SSSR count). The Bertz CT molecular complexity index is 123. The molecule has 0 bridgehead atoms. The molecule has 0 unspecified atom stereocenters. The third-order valence-electron chi connectivity index (χ3n) is 1.27. The first-order valence-electron chi connectivity index (χ1n) is 3.69. The largest absolute Gasteiger partial charge is 0.397 e. The Morgan fingerprint density at radius 2 is 2.18 bits per heavy atom. The van der Waals surface area contributed by atoms with Gasteiger partial charge in [-0.3, -0.25) is 4.99 Å². The molecule has 0 saturated heterocycles. The van der Waals surface area contributed by atoms with Crippen molar-refractivity contribution in [1.29, 1.82) is 0 Å². The van der Waals surface area contributed by atoms with Gasteiger partial charge in [0.05, 0.1) is 0 Å². The van der Waals surface area contributed by atoms with E-state index in [0.717, 1.165) is 19.5 Å². The van der Waals surface area contributed by atoms with Crippen LogP contribution in [0.5, 0.6) is 0 Å². The minimum absolute atomic E-state index is 0.545. The van der Waals surface area contributed by atoms with Crippen molar-refractivity contribution in [3.05, 3.63) is 0 Å². The van der Waals surface area contributed by atoms with Crippen LogP contribution < -0.4 is 5.90 Å². The fourth-order valence-electron chi connectivity index (χ4n) is 0.661. The van der Waals surface area contributed by atoms with Gasteiger partial charge in [0.2, 0.25) is 5.90 Å². The molecule has 0 aromatic carbocycles. The van der Waals surface area contributed by atoms with E-state index < -0.39 is 0 Å². The Morgan fingerprint density at radius 1 is 1.55 bits per heavy atom. The summed E-state index contributed by atoms with van der Waals surface area (Å²) in [5, 5.41) is 0. The third-order valence-corrected chi connectivity index (χ3v) is 1.27. The summed E-state index contributed by atoms with van der Waals surface area (Å²) in [5.41, 5.74) is 0. The van der Waals surface area contributed by atoms with Gasteiger partial charge < -0.3 is 9.74 Å². The van der Waals surface area contributed by atoms with E-state index in [1.165, 1.54) is 0 Å². The van der Waals surface area contributed by atoms with Crippen molar-refractivity contribution in [3.63, 3.8) is 0 Å². The molecule has 0 heterocycles. The monoisotopic (exact) mass is 159 g/mol. The van der Waals surface area contributed by atoms with E-state index in [1.807, 2.05) is 14.1 Å². The van der Waals surface area contributed by atoms with Crippen molar-refractivity contribution in [2.75, 3.05) is 27.2 Å². The highest BCUT2D eigenvalue weighted by Gasteiger charge is 1.90. The fraction of sp³-hybridized carbons (Fsp3) is 0.857. The van der Waals surface area contributed by atoms with Crippen LogP contribution in [0, 0.1) is 0 Å². The molecule has 0 aliphatic rings. The lowest BCUT2D eigenvalue weighted by molar-refractivity contribution is 0.315. The molecule has 0 aromatic rings. The standard InChI is InChI=1S/C7H17N3O/c1-7(11-8)9-5-4-6-10(2)3/h4-6,8H2,1-3H3. The van der Waals surface area contributed by atoms with E-state index >= 15 is 0 Å². The molecule has 0 spiro atoms. The predicted octanol–water partition coefficient (Wildman–Crippen LogP) is 0.247. The smallest absolute Gasteiger partial charge is 0.205 e. The van der Waals surface area contributed by atoms with E-state index in [2.05, 4.69) is 14.7 Å². The van der Waals surface area contributed by atoms with Crippen LogP contribution in [0.3, 0.4) is 0 Å². The van der Waals surface area contributed by atoms with E-state index in [9.17, 15) is 0 Å². The fourth-order valence-corrected chi connectivity index (χ4v) is 0.661. The second-order valence-corrected chi connectivity index (χ2v) is 2.68. The molecule has 0 radical (unpaired) electrons. The summed E-state index contributed by atoms with van der Waals surface area (Å²) in [6.45, 7) is 3.57. The van der Waals surface area contributed by atoms with Gasteiger partial charge in [0.1, 0.15) is 0 Å². The number of hydrogen-bond acceptors (Lipinski definition) is 4. The van der Waals surface area contributed by atoms with Crippen molar-refractivity contribution >= 4 is 5.90 Å². The first-order chi connectivity index (χ1) is 5.16. The SMILES string of the molecule is CC(=NCCCN(C)C)ON. The number of nitrogens with two attached hydrogens (primary N) is 1. The molecule has 0 amide bonds. The van der Waals surface area contributed by atoms with Gasteiger partial charge in [-0.25, -0.2) is 0 Å². The Balaban J connectivity index is 3.26. The molecule has 0 saturated carbocycles. The molecule has 11 heavy (non-hydrogen) atoms. The third kappa shape index (κ3) is 7.29. The second kappa shape index (κ2) is 6.12. The lowest BCUT2D eigenvalue weighted by atomic mass is 10.4. The van der Waals surface area contributed by atoms with E-state index in [0.29, 0.717) is 5.90 Å². The zero-order valence-electron chi connectivity index (χ0n) is 7.50. The topological polar surface area (TPSA) is 50.8 Å². The Hall–Kier alpha value is -0.610. The van der Waals surface area contributed by atoms with Gasteiger partial charge in [0.15, 0.2) is 0 Å². The first-order valence-corrected chi connectivity index (χ1v) is 3.69. The average Bonchev–Trinajstić information content (AvgIpc) is 1.97. The maximum absolute atomic E-state index is 4.87. The first kappa shape index (κ1) is 10.4. The summed E-state index contributed by atoms with van der Waals surface area (Å²) in [4.78, 5) is 10.6. The van der Waals surface area contributed by atoms with Crippen LogP contribution in [0.4, 0.5) is 0 Å².